The monoisotopic (exact) mass is 328 g/mol. The maximum Gasteiger partial charge on any atom is 0.251 e. The summed E-state index contributed by atoms with van der Waals surface area (Å²) in [4.78, 5) is 17.1. The minimum absolute atomic E-state index is 0.0134. The molecule has 4 aliphatic rings. The summed E-state index contributed by atoms with van der Waals surface area (Å²) in [6.45, 7) is 1.33. The highest BCUT2D eigenvalue weighted by Crippen LogP contribution is 2.60. The van der Waals surface area contributed by atoms with Crippen molar-refractivity contribution in [3.8, 4) is 0 Å². The van der Waals surface area contributed by atoms with E-state index in [2.05, 4.69) is 11.4 Å². The fraction of sp³-hybridized carbons (Fsp3) is 0.700. The number of methoxy groups -OCH3 is 1. The third-order valence-corrected chi connectivity index (χ3v) is 6.41. The van der Waals surface area contributed by atoms with Gasteiger partial charge in [0.25, 0.3) is 5.91 Å². The van der Waals surface area contributed by atoms with E-state index in [1.165, 1.54) is 44.2 Å². The number of rotatable bonds is 6. The molecule has 4 aliphatic carbocycles. The van der Waals surface area contributed by atoms with Gasteiger partial charge in [0.15, 0.2) is 0 Å². The second kappa shape index (κ2) is 6.47. The van der Waals surface area contributed by atoms with Crippen LogP contribution in [0.5, 0.6) is 0 Å². The Balaban J connectivity index is 1.50. The van der Waals surface area contributed by atoms with Gasteiger partial charge in [0.1, 0.15) is 0 Å². The summed E-state index contributed by atoms with van der Waals surface area (Å²) < 4.78 is 5.02. The van der Waals surface area contributed by atoms with Gasteiger partial charge in [-0.25, -0.2) is 0 Å². The van der Waals surface area contributed by atoms with Crippen molar-refractivity contribution in [2.75, 3.05) is 20.3 Å². The SMILES string of the molecule is COCCCNC(=O)c1ccnc(C23CC4CC(CC(C4)C2)C3)c1. The van der Waals surface area contributed by atoms with Crippen LogP contribution in [0.25, 0.3) is 0 Å². The van der Waals surface area contributed by atoms with Crippen molar-refractivity contribution in [2.24, 2.45) is 17.8 Å². The van der Waals surface area contributed by atoms with Gasteiger partial charge in [0, 0.05) is 43.1 Å². The summed E-state index contributed by atoms with van der Waals surface area (Å²) in [5, 5.41) is 2.99. The first-order valence-corrected chi connectivity index (χ1v) is 9.42. The maximum atomic E-state index is 12.4. The lowest BCUT2D eigenvalue weighted by atomic mass is 9.48. The molecule has 1 heterocycles. The molecule has 4 bridgehead atoms. The molecular formula is C20H28N2O2. The zero-order valence-electron chi connectivity index (χ0n) is 14.6. The van der Waals surface area contributed by atoms with Crippen LogP contribution in [-0.2, 0) is 10.2 Å². The van der Waals surface area contributed by atoms with Crippen LogP contribution >= 0.6 is 0 Å². The van der Waals surface area contributed by atoms with Crippen LogP contribution < -0.4 is 5.32 Å². The largest absolute Gasteiger partial charge is 0.385 e. The molecule has 0 unspecified atom stereocenters. The van der Waals surface area contributed by atoms with Crippen LogP contribution in [0.2, 0.25) is 0 Å². The van der Waals surface area contributed by atoms with Gasteiger partial charge >= 0.3 is 0 Å². The summed E-state index contributed by atoms with van der Waals surface area (Å²) >= 11 is 0. The first-order valence-electron chi connectivity index (χ1n) is 9.42. The lowest BCUT2D eigenvalue weighted by molar-refractivity contribution is -0.00722. The van der Waals surface area contributed by atoms with Gasteiger partial charge in [-0.1, -0.05) is 0 Å². The second-order valence-corrected chi connectivity index (χ2v) is 8.23. The summed E-state index contributed by atoms with van der Waals surface area (Å²) in [7, 11) is 1.68. The number of pyridine rings is 1. The Morgan fingerprint density at radius 2 is 1.92 bits per heavy atom. The van der Waals surface area contributed by atoms with E-state index >= 15 is 0 Å². The molecule has 24 heavy (non-hydrogen) atoms. The predicted octanol–water partition coefficient (Wildman–Crippen LogP) is 3.32. The third kappa shape index (κ3) is 2.97. The van der Waals surface area contributed by atoms with Gasteiger partial charge < -0.3 is 10.1 Å². The molecule has 0 aromatic carbocycles. The first-order chi connectivity index (χ1) is 11.7. The Hall–Kier alpha value is -1.42. The lowest BCUT2D eigenvalue weighted by Gasteiger charge is -2.56. The molecule has 0 spiro atoms. The number of ether oxygens (including phenoxy) is 1. The van der Waals surface area contributed by atoms with Crippen LogP contribution in [0.3, 0.4) is 0 Å². The number of carbonyl (C=O) groups is 1. The molecule has 4 fully saturated rings. The molecule has 130 valence electrons. The van der Waals surface area contributed by atoms with E-state index in [0.717, 1.165) is 29.7 Å². The van der Waals surface area contributed by atoms with E-state index < -0.39 is 0 Å². The molecule has 5 rings (SSSR count). The number of hydrogen-bond acceptors (Lipinski definition) is 3. The Bertz CT molecular complexity index is 578. The van der Waals surface area contributed by atoms with Crippen molar-refractivity contribution in [1.29, 1.82) is 0 Å². The Morgan fingerprint density at radius 3 is 2.54 bits per heavy atom. The topological polar surface area (TPSA) is 51.2 Å². The fourth-order valence-electron chi connectivity index (χ4n) is 5.81. The number of nitrogens with one attached hydrogen (secondary N) is 1. The average Bonchev–Trinajstić information content (AvgIpc) is 2.57. The van der Waals surface area contributed by atoms with E-state index in [0.29, 0.717) is 13.2 Å². The van der Waals surface area contributed by atoms with E-state index in [4.69, 9.17) is 9.72 Å². The van der Waals surface area contributed by atoms with Crippen molar-refractivity contribution in [3.05, 3.63) is 29.6 Å². The lowest BCUT2D eigenvalue weighted by Crippen LogP contribution is -2.49. The van der Waals surface area contributed by atoms with Gasteiger partial charge in [-0.05, 0) is 74.8 Å². The average molecular weight is 328 g/mol. The summed E-state index contributed by atoms with van der Waals surface area (Å²) in [5.74, 6) is 2.69. The van der Waals surface area contributed by atoms with Crippen LogP contribution in [0.4, 0.5) is 0 Å². The van der Waals surface area contributed by atoms with Gasteiger partial charge in [0.05, 0.1) is 0 Å². The van der Waals surface area contributed by atoms with Crippen molar-refractivity contribution >= 4 is 5.91 Å². The fourth-order valence-corrected chi connectivity index (χ4v) is 5.81. The summed E-state index contributed by atoms with van der Waals surface area (Å²) in [6, 6.07) is 3.91. The minimum atomic E-state index is 0.0134. The molecule has 4 nitrogen and oxygen atoms in total. The molecular weight excluding hydrogens is 300 g/mol. The number of carbonyl (C=O) groups excluding carboxylic acids is 1. The third-order valence-electron chi connectivity index (χ3n) is 6.41. The molecule has 0 saturated heterocycles. The number of hydrogen-bond donors (Lipinski definition) is 1. The van der Waals surface area contributed by atoms with E-state index in [1.807, 2.05) is 12.3 Å². The molecule has 0 atom stereocenters. The maximum absolute atomic E-state index is 12.4. The molecule has 1 aromatic heterocycles. The first kappa shape index (κ1) is 16.1. The molecule has 4 heteroatoms. The zero-order chi connectivity index (χ0) is 16.6. The van der Waals surface area contributed by atoms with Crippen molar-refractivity contribution in [3.63, 3.8) is 0 Å². The van der Waals surface area contributed by atoms with Gasteiger partial charge in [-0.3, -0.25) is 9.78 Å². The Labute approximate surface area is 144 Å². The Kier molecular flexibility index (Phi) is 4.33. The second-order valence-electron chi connectivity index (χ2n) is 8.23. The van der Waals surface area contributed by atoms with Gasteiger partial charge in [0.2, 0.25) is 0 Å². The molecule has 0 radical (unpaired) electrons. The smallest absolute Gasteiger partial charge is 0.251 e. The highest BCUT2D eigenvalue weighted by atomic mass is 16.5. The molecule has 1 N–H and O–H groups in total. The van der Waals surface area contributed by atoms with E-state index in [1.54, 1.807) is 7.11 Å². The number of aromatic nitrogens is 1. The van der Waals surface area contributed by atoms with Crippen LogP contribution in [0.1, 0.15) is 61.0 Å². The summed E-state index contributed by atoms with van der Waals surface area (Å²) in [5.41, 5.74) is 2.18. The van der Waals surface area contributed by atoms with Crippen molar-refractivity contribution < 1.29 is 9.53 Å². The van der Waals surface area contributed by atoms with E-state index in [9.17, 15) is 4.79 Å². The van der Waals surface area contributed by atoms with Crippen LogP contribution in [-0.4, -0.2) is 31.2 Å². The molecule has 1 aromatic rings. The molecule has 0 aliphatic heterocycles. The Morgan fingerprint density at radius 1 is 1.25 bits per heavy atom. The standard InChI is InChI=1S/C20H28N2O2/c1-24-6-2-4-22-19(23)17-3-5-21-18(10-17)20-11-14-7-15(12-20)9-16(8-14)13-20/h3,5,10,14-16H,2,4,6-9,11-13H2,1H3,(H,22,23). The summed E-state index contributed by atoms with van der Waals surface area (Å²) in [6.07, 6.45) is 10.8. The van der Waals surface area contributed by atoms with E-state index in [-0.39, 0.29) is 11.3 Å². The van der Waals surface area contributed by atoms with Crippen LogP contribution in [0, 0.1) is 17.8 Å². The molecule has 4 saturated carbocycles. The molecule has 1 amide bonds. The predicted molar refractivity (Wildman–Crippen MR) is 92.9 cm³/mol. The minimum Gasteiger partial charge on any atom is -0.385 e. The van der Waals surface area contributed by atoms with Crippen molar-refractivity contribution in [2.45, 2.75) is 50.4 Å². The number of amides is 1. The highest BCUT2D eigenvalue weighted by molar-refractivity contribution is 5.94. The highest BCUT2D eigenvalue weighted by Gasteiger charge is 2.52. The zero-order valence-corrected chi connectivity index (χ0v) is 14.6. The van der Waals surface area contributed by atoms with Crippen molar-refractivity contribution in [1.82, 2.24) is 10.3 Å². The quantitative estimate of drug-likeness (QED) is 0.815. The number of nitrogens with zero attached hydrogens (tertiary/aromatic N) is 1. The normalized spacial score (nSPS) is 33.6. The van der Waals surface area contributed by atoms with Gasteiger partial charge in [-0.2, -0.15) is 0 Å². The van der Waals surface area contributed by atoms with Gasteiger partial charge in [-0.15, -0.1) is 0 Å². The van der Waals surface area contributed by atoms with Crippen LogP contribution in [0.15, 0.2) is 18.3 Å².